The van der Waals surface area contributed by atoms with Gasteiger partial charge in [0, 0.05) is 23.5 Å². The van der Waals surface area contributed by atoms with Crippen LogP contribution in [-0.2, 0) is 9.59 Å². The largest absolute Gasteiger partial charge is 0.346 e. The third-order valence-corrected chi connectivity index (χ3v) is 9.11. The van der Waals surface area contributed by atoms with Crippen molar-refractivity contribution in [2.24, 2.45) is 10.8 Å². The fourth-order valence-corrected chi connectivity index (χ4v) is 5.17. The molecule has 0 aliphatic carbocycles. The number of rotatable bonds is 11. The minimum absolute atomic E-state index is 0.0853. The summed E-state index contributed by atoms with van der Waals surface area (Å²) in [5.41, 5.74) is 3.85. The Morgan fingerprint density at radius 3 is 1.10 bits per heavy atom. The molecular formula is C38H54N8O2. The second kappa shape index (κ2) is 13.7. The van der Waals surface area contributed by atoms with E-state index >= 15 is 0 Å². The van der Waals surface area contributed by atoms with Crippen LogP contribution >= 0.6 is 0 Å². The smallest absolute Gasteiger partial charge is 0.240 e. The zero-order valence-electron chi connectivity index (χ0n) is 30.6. The van der Waals surface area contributed by atoms with Crippen LogP contribution in [0.15, 0.2) is 60.9 Å². The van der Waals surface area contributed by atoms with Gasteiger partial charge in [-0.1, -0.05) is 90.1 Å². The average molecular weight is 655 g/mol. The standard InChI is InChI=1S/C38H54N8O2/c1-35(2,3)29(45-33(47)37(7,8)39-11)31-41-21-27(43-31)25-17-13-23(14-18-25)24-15-19-26(20-16-24)28-22-42-32(44-28)30(36(4,5)6)46-34(48)38(9,10)40-12/h13-22,29-30,39-40H,1-12H3,(H,41,43)(H,42,44)(H,45,47)(H,46,48)/t29-,30-/m1/s1. The van der Waals surface area contributed by atoms with E-state index in [0.717, 1.165) is 45.3 Å². The molecule has 0 radical (unpaired) electrons. The summed E-state index contributed by atoms with van der Waals surface area (Å²) in [6.45, 7) is 20.0. The Kier molecular flexibility index (Phi) is 10.4. The Hall–Kier alpha value is -4.28. The van der Waals surface area contributed by atoms with Gasteiger partial charge in [-0.15, -0.1) is 0 Å². The van der Waals surface area contributed by atoms with Crippen molar-refractivity contribution in [2.75, 3.05) is 14.1 Å². The lowest BCUT2D eigenvalue weighted by Crippen LogP contribution is -2.53. The van der Waals surface area contributed by atoms with Crippen LogP contribution in [0.1, 0.15) is 93.0 Å². The molecule has 2 heterocycles. The lowest BCUT2D eigenvalue weighted by atomic mass is 9.85. The molecule has 0 saturated heterocycles. The van der Waals surface area contributed by atoms with Crippen LogP contribution < -0.4 is 21.3 Å². The second-order valence-electron chi connectivity index (χ2n) is 15.8. The SMILES string of the molecule is CNC(C)(C)C(=O)N[C@H](c1nc(-c2ccc(-c3ccc(-c4c[nH]c([C@@H](NC(=O)C(C)(C)NC)C(C)(C)C)n4)cc3)cc2)c[nH]1)C(C)(C)C. The van der Waals surface area contributed by atoms with E-state index in [4.69, 9.17) is 9.97 Å². The molecule has 2 aromatic heterocycles. The second-order valence-corrected chi connectivity index (χ2v) is 15.8. The lowest BCUT2D eigenvalue weighted by Gasteiger charge is -2.33. The van der Waals surface area contributed by atoms with Crippen LogP contribution in [0.2, 0.25) is 0 Å². The van der Waals surface area contributed by atoms with Gasteiger partial charge in [-0.05, 0) is 63.7 Å². The van der Waals surface area contributed by atoms with Gasteiger partial charge in [0.2, 0.25) is 11.8 Å². The summed E-state index contributed by atoms with van der Waals surface area (Å²) in [4.78, 5) is 42.4. The molecule has 4 rings (SSSR count). The van der Waals surface area contributed by atoms with Crippen molar-refractivity contribution < 1.29 is 9.59 Å². The van der Waals surface area contributed by atoms with Crippen LogP contribution in [0.5, 0.6) is 0 Å². The quantitative estimate of drug-likeness (QED) is 0.109. The molecular weight excluding hydrogens is 600 g/mol. The van der Waals surface area contributed by atoms with Gasteiger partial charge in [-0.3, -0.25) is 9.59 Å². The number of aromatic nitrogens is 4. The number of likely N-dealkylation sites (N-methyl/N-ethyl adjacent to an activating group) is 2. The zero-order valence-corrected chi connectivity index (χ0v) is 30.6. The van der Waals surface area contributed by atoms with Crippen molar-refractivity contribution in [3.8, 4) is 33.6 Å². The molecule has 0 unspecified atom stereocenters. The average Bonchev–Trinajstić information content (AvgIpc) is 3.72. The number of benzene rings is 2. The van der Waals surface area contributed by atoms with Crippen molar-refractivity contribution in [2.45, 2.75) is 92.4 Å². The monoisotopic (exact) mass is 654 g/mol. The fraction of sp³-hybridized carbons (Fsp3) is 0.474. The minimum atomic E-state index is -0.702. The molecule has 258 valence electrons. The third-order valence-electron chi connectivity index (χ3n) is 9.11. The van der Waals surface area contributed by atoms with Gasteiger partial charge < -0.3 is 31.2 Å². The molecule has 2 amide bonds. The minimum Gasteiger partial charge on any atom is -0.346 e. The molecule has 0 aliphatic heterocycles. The topological polar surface area (TPSA) is 140 Å². The van der Waals surface area contributed by atoms with Crippen molar-refractivity contribution in [3.63, 3.8) is 0 Å². The van der Waals surface area contributed by atoms with Gasteiger partial charge in [0.1, 0.15) is 11.6 Å². The molecule has 10 nitrogen and oxygen atoms in total. The van der Waals surface area contributed by atoms with E-state index in [2.05, 4.69) is 121 Å². The highest BCUT2D eigenvalue weighted by atomic mass is 16.2. The third kappa shape index (κ3) is 8.22. The van der Waals surface area contributed by atoms with Crippen molar-refractivity contribution in [1.82, 2.24) is 41.2 Å². The van der Waals surface area contributed by atoms with Gasteiger partial charge in [-0.25, -0.2) is 9.97 Å². The maximum atomic E-state index is 13.0. The molecule has 0 aliphatic rings. The first-order valence-corrected chi connectivity index (χ1v) is 16.6. The molecule has 48 heavy (non-hydrogen) atoms. The molecule has 10 heteroatoms. The van der Waals surface area contributed by atoms with Crippen molar-refractivity contribution in [3.05, 3.63) is 72.6 Å². The summed E-state index contributed by atoms with van der Waals surface area (Å²) >= 11 is 0. The lowest BCUT2D eigenvalue weighted by molar-refractivity contribution is -0.128. The molecule has 4 aromatic rings. The number of amides is 2. The number of hydrogen-bond donors (Lipinski definition) is 6. The number of carbonyl (C=O) groups is 2. The predicted octanol–water partition coefficient (Wildman–Crippen LogP) is 6.54. The molecule has 0 saturated carbocycles. The van der Waals surface area contributed by atoms with Gasteiger partial charge in [0.25, 0.3) is 0 Å². The molecule has 0 bridgehead atoms. The first-order valence-electron chi connectivity index (χ1n) is 16.6. The van der Waals surface area contributed by atoms with E-state index in [9.17, 15) is 9.59 Å². The Bertz CT molecular complexity index is 1570. The normalized spacial score (nSPS) is 14.0. The predicted molar refractivity (Wildman–Crippen MR) is 194 cm³/mol. The molecule has 2 atom stereocenters. The van der Waals surface area contributed by atoms with E-state index in [-0.39, 0.29) is 34.7 Å². The Morgan fingerprint density at radius 1 is 0.542 bits per heavy atom. The first-order chi connectivity index (χ1) is 22.3. The Labute approximate surface area is 285 Å². The van der Waals surface area contributed by atoms with Crippen LogP contribution in [0.25, 0.3) is 33.6 Å². The molecule has 6 N–H and O–H groups in total. The first kappa shape index (κ1) is 36.6. The van der Waals surface area contributed by atoms with E-state index in [1.807, 2.05) is 40.1 Å². The molecule has 0 spiro atoms. The molecule has 2 aromatic carbocycles. The van der Waals surface area contributed by atoms with E-state index in [1.165, 1.54) is 0 Å². The Balaban J connectivity index is 1.50. The maximum absolute atomic E-state index is 13.0. The summed E-state index contributed by atoms with van der Waals surface area (Å²) in [5, 5.41) is 12.5. The van der Waals surface area contributed by atoms with Gasteiger partial charge in [0.15, 0.2) is 0 Å². The zero-order chi connectivity index (χ0) is 35.7. The van der Waals surface area contributed by atoms with Crippen molar-refractivity contribution >= 4 is 11.8 Å². The van der Waals surface area contributed by atoms with E-state index in [1.54, 1.807) is 14.1 Å². The Morgan fingerprint density at radius 2 is 0.833 bits per heavy atom. The number of nitrogens with zero attached hydrogens (tertiary/aromatic N) is 2. The highest BCUT2D eigenvalue weighted by molar-refractivity contribution is 5.86. The van der Waals surface area contributed by atoms with Crippen LogP contribution in [-0.4, -0.2) is 56.9 Å². The highest BCUT2D eigenvalue weighted by Gasteiger charge is 2.36. The summed E-state index contributed by atoms with van der Waals surface area (Å²) in [6.07, 6.45) is 3.78. The highest BCUT2D eigenvalue weighted by Crippen LogP contribution is 2.35. The van der Waals surface area contributed by atoms with Gasteiger partial charge >= 0.3 is 0 Å². The van der Waals surface area contributed by atoms with Gasteiger partial charge in [0.05, 0.1) is 34.5 Å². The van der Waals surface area contributed by atoms with Crippen LogP contribution in [0.3, 0.4) is 0 Å². The molecule has 0 fully saturated rings. The van der Waals surface area contributed by atoms with Crippen LogP contribution in [0, 0.1) is 10.8 Å². The van der Waals surface area contributed by atoms with E-state index in [0.29, 0.717) is 0 Å². The van der Waals surface area contributed by atoms with E-state index < -0.39 is 11.1 Å². The van der Waals surface area contributed by atoms with Crippen molar-refractivity contribution in [1.29, 1.82) is 0 Å². The van der Waals surface area contributed by atoms with Crippen LogP contribution in [0.4, 0.5) is 0 Å². The fourth-order valence-electron chi connectivity index (χ4n) is 5.17. The number of hydrogen-bond acceptors (Lipinski definition) is 6. The number of H-pyrrole nitrogens is 2. The summed E-state index contributed by atoms with van der Waals surface area (Å²) < 4.78 is 0. The summed E-state index contributed by atoms with van der Waals surface area (Å²) in [7, 11) is 3.56. The summed E-state index contributed by atoms with van der Waals surface area (Å²) in [5.74, 6) is 1.27. The number of carbonyl (C=O) groups excluding carboxylic acids is 2. The van der Waals surface area contributed by atoms with Gasteiger partial charge in [-0.2, -0.15) is 0 Å². The number of aromatic amines is 2. The number of nitrogens with one attached hydrogen (secondary N) is 6. The summed E-state index contributed by atoms with van der Waals surface area (Å²) in [6, 6.07) is 16.0. The number of imidazole rings is 2. The maximum Gasteiger partial charge on any atom is 0.240 e.